The van der Waals surface area contributed by atoms with E-state index in [1.54, 1.807) is 6.08 Å². The quantitative estimate of drug-likeness (QED) is 0.352. The van der Waals surface area contributed by atoms with Crippen molar-refractivity contribution in [1.82, 2.24) is 0 Å². The largest absolute Gasteiger partial charge is 0.393 e. The van der Waals surface area contributed by atoms with E-state index in [0.717, 1.165) is 6.42 Å². The summed E-state index contributed by atoms with van der Waals surface area (Å²) in [6.45, 7) is 3.17. The number of esters is 2. The first kappa shape index (κ1) is 9.88. The van der Waals surface area contributed by atoms with Gasteiger partial charge in [0.05, 0.1) is 6.42 Å². The van der Waals surface area contributed by atoms with Crippen molar-refractivity contribution in [3.8, 4) is 0 Å². The minimum Gasteiger partial charge on any atom is -0.393 e. The first-order chi connectivity index (χ1) is 5.16. The Morgan fingerprint density at radius 2 is 2.00 bits per heavy atom. The lowest BCUT2D eigenvalue weighted by Crippen LogP contribution is -2.07. The maximum atomic E-state index is 10.6. The zero-order valence-corrected chi connectivity index (χ0v) is 6.79. The lowest BCUT2D eigenvalue weighted by atomic mass is 10.3. The molecule has 0 fully saturated rings. The second-order valence-electron chi connectivity index (χ2n) is 2.05. The lowest BCUT2D eigenvalue weighted by Gasteiger charge is -1.93. The predicted molar refractivity (Wildman–Crippen MR) is 40.8 cm³/mol. The third-order valence-corrected chi connectivity index (χ3v) is 0.944. The summed E-state index contributed by atoms with van der Waals surface area (Å²) in [6, 6.07) is 0. The third-order valence-electron chi connectivity index (χ3n) is 0.944. The first-order valence-corrected chi connectivity index (χ1v) is 3.53. The molecule has 3 nitrogen and oxygen atoms in total. The summed E-state index contributed by atoms with van der Waals surface area (Å²) in [5.74, 6) is -1.05. The Morgan fingerprint density at radius 3 is 2.45 bits per heavy atom. The van der Waals surface area contributed by atoms with Crippen LogP contribution in [0.3, 0.4) is 0 Å². The molecule has 0 aliphatic rings. The highest BCUT2D eigenvalue weighted by Crippen LogP contribution is 1.90. The van der Waals surface area contributed by atoms with E-state index in [2.05, 4.69) is 4.74 Å². The van der Waals surface area contributed by atoms with Crippen LogP contribution in [0, 0.1) is 0 Å². The number of hydrogen-bond donors (Lipinski definition) is 0. The maximum absolute atomic E-state index is 10.6. The molecular formula is C8H12O3. The molecule has 0 radical (unpaired) electrons. The molecule has 11 heavy (non-hydrogen) atoms. The van der Waals surface area contributed by atoms with E-state index in [1.807, 2.05) is 13.0 Å². The van der Waals surface area contributed by atoms with Gasteiger partial charge in [-0.15, -0.1) is 0 Å². The Morgan fingerprint density at radius 1 is 1.36 bits per heavy atom. The molecule has 0 aliphatic carbocycles. The molecular weight excluding hydrogens is 144 g/mol. The molecule has 0 saturated carbocycles. The van der Waals surface area contributed by atoms with Gasteiger partial charge in [-0.3, -0.25) is 9.59 Å². The summed E-state index contributed by atoms with van der Waals surface area (Å²) in [7, 11) is 0. The molecule has 0 saturated heterocycles. The highest BCUT2D eigenvalue weighted by atomic mass is 16.6. The SMILES string of the molecule is CCC=CCC(=O)OC(C)=O. The van der Waals surface area contributed by atoms with Crippen molar-refractivity contribution >= 4 is 11.9 Å². The smallest absolute Gasteiger partial charge is 0.317 e. The van der Waals surface area contributed by atoms with Gasteiger partial charge in [-0.05, 0) is 6.42 Å². The Kier molecular flexibility index (Phi) is 5.07. The standard InChI is InChI=1S/C8H12O3/c1-3-4-5-6-8(10)11-7(2)9/h4-5H,3,6H2,1-2H3. The van der Waals surface area contributed by atoms with Gasteiger partial charge >= 0.3 is 11.9 Å². The molecule has 0 amide bonds. The van der Waals surface area contributed by atoms with E-state index in [-0.39, 0.29) is 6.42 Å². The number of allylic oxidation sites excluding steroid dienone is 1. The fourth-order valence-electron chi connectivity index (χ4n) is 0.548. The van der Waals surface area contributed by atoms with E-state index in [4.69, 9.17) is 0 Å². The van der Waals surface area contributed by atoms with Gasteiger partial charge in [0.15, 0.2) is 0 Å². The minimum atomic E-state index is -0.556. The van der Waals surface area contributed by atoms with Crippen LogP contribution in [0.4, 0.5) is 0 Å². The number of carbonyl (C=O) groups is 2. The van der Waals surface area contributed by atoms with Crippen molar-refractivity contribution in [2.45, 2.75) is 26.7 Å². The number of rotatable bonds is 3. The van der Waals surface area contributed by atoms with Gasteiger partial charge in [0.2, 0.25) is 0 Å². The molecule has 0 spiro atoms. The van der Waals surface area contributed by atoms with Crippen molar-refractivity contribution < 1.29 is 14.3 Å². The molecule has 0 aliphatic heterocycles. The fourth-order valence-corrected chi connectivity index (χ4v) is 0.548. The fraction of sp³-hybridized carbons (Fsp3) is 0.500. The van der Waals surface area contributed by atoms with Crippen LogP contribution in [0.5, 0.6) is 0 Å². The van der Waals surface area contributed by atoms with Crippen LogP contribution in [-0.4, -0.2) is 11.9 Å². The summed E-state index contributed by atoms with van der Waals surface area (Å²) in [6.07, 6.45) is 4.59. The first-order valence-electron chi connectivity index (χ1n) is 3.53. The van der Waals surface area contributed by atoms with Crippen LogP contribution in [0.1, 0.15) is 26.7 Å². The van der Waals surface area contributed by atoms with Gasteiger partial charge in [0, 0.05) is 6.92 Å². The highest BCUT2D eigenvalue weighted by Gasteiger charge is 2.01. The molecule has 0 rings (SSSR count). The summed E-state index contributed by atoms with van der Waals surface area (Å²) in [5, 5.41) is 0. The van der Waals surface area contributed by atoms with Crippen molar-refractivity contribution in [3.63, 3.8) is 0 Å². The van der Waals surface area contributed by atoms with Gasteiger partial charge in [-0.1, -0.05) is 19.1 Å². The molecule has 0 heterocycles. The van der Waals surface area contributed by atoms with Gasteiger partial charge < -0.3 is 4.74 Å². The Labute approximate surface area is 66.0 Å². The number of ether oxygens (including phenoxy) is 1. The average Bonchev–Trinajstić information content (AvgIpc) is 1.86. The normalized spacial score (nSPS) is 10.0. The summed E-state index contributed by atoms with van der Waals surface area (Å²) < 4.78 is 4.27. The van der Waals surface area contributed by atoms with Crippen LogP contribution in [-0.2, 0) is 14.3 Å². The third kappa shape index (κ3) is 6.77. The molecule has 0 atom stereocenters. The molecule has 0 bridgehead atoms. The van der Waals surface area contributed by atoms with E-state index in [9.17, 15) is 9.59 Å². The molecule has 3 heteroatoms. The lowest BCUT2D eigenvalue weighted by molar-refractivity contribution is -0.157. The van der Waals surface area contributed by atoms with Crippen molar-refractivity contribution in [3.05, 3.63) is 12.2 Å². The topological polar surface area (TPSA) is 43.4 Å². The van der Waals surface area contributed by atoms with Crippen LogP contribution >= 0.6 is 0 Å². The monoisotopic (exact) mass is 156 g/mol. The van der Waals surface area contributed by atoms with Gasteiger partial charge in [0.25, 0.3) is 0 Å². The second-order valence-corrected chi connectivity index (χ2v) is 2.05. The summed E-state index contributed by atoms with van der Waals surface area (Å²) in [4.78, 5) is 20.9. The molecule has 0 aromatic carbocycles. The van der Waals surface area contributed by atoms with Crippen molar-refractivity contribution in [1.29, 1.82) is 0 Å². The Hall–Kier alpha value is -1.12. The zero-order chi connectivity index (χ0) is 8.69. The predicted octanol–water partition coefficient (Wildman–Crippen LogP) is 1.43. The number of hydrogen-bond acceptors (Lipinski definition) is 3. The van der Waals surface area contributed by atoms with Crippen LogP contribution < -0.4 is 0 Å². The molecule has 0 N–H and O–H groups in total. The van der Waals surface area contributed by atoms with E-state index < -0.39 is 11.9 Å². The number of carbonyl (C=O) groups excluding carboxylic acids is 2. The van der Waals surface area contributed by atoms with Gasteiger partial charge in [-0.25, -0.2) is 0 Å². The van der Waals surface area contributed by atoms with Gasteiger partial charge in [0.1, 0.15) is 0 Å². The molecule has 0 unspecified atom stereocenters. The van der Waals surface area contributed by atoms with Gasteiger partial charge in [-0.2, -0.15) is 0 Å². The van der Waals surface area contributed by atoms with Crippen LogP contribution in [0.15, 0.2) is 12.2 Å². The van der Waals surface area contributed by atoms with E-state index in [0.29, 0.717) is 0 Å². The highest BCUT2D eigenvalue weighted by molar-refractivity contribution is 5.84. The second kappa shape index (κ2) is 5.65. The summed E-state index contributed by atoms with van der Waals surface area (Å²) in [5.41, 5.74) is 0. The molecule has 0 aromatic heterocycles. The van der Waals surface area contributed by atoms with Crippen LogP contribution in [0.2, 0.25) is 0 Å². The summed E-state index contributed by atoms with van der Waals surface area (Å²) >= 11 is 0. The molecule has 62 valence electrons. The van der Waals surface area contributed by atoms with Crippen molar-refractivity contribution in [2.75, 3.05) is 0 Å². The van der Waals surface area contributed by atoms with Crippen LogP contribution in [0.25, 0.3) is 0 Å². The van der Waals surface area contributed by atoms with E-state index >= 15 is 0 Å². The average molecular weight is 156 g/mol. The molecule has 0 aromatic rings. The minimum absolute atomic E-state index is 0.174. The Bertz CT molecular complexity index is 170. The maximum Gasteiger partial charge on any atom is 0.317 e. The van der Waals surface area contributed by atoms with Crippen molar-refractivity contribution in [2.24, 2.45) is 0 Å². The van der Waals surface area contributed by atoms with E-state index in [1.165, 1.54) is 6.92 Å². The Balaban J connectivity index is 3.53. The zero-order valence-electron chi connectivity index (χ0n) is 6.79.